The lowest BCUT2D eigenvalue weighted by Gasteiger charge is -2.27. The molecular formula is C17H24ClN3. The number of nitrogens with two attached hydrogens (primary N) is 1. The summed E-state index contributed by atoms with van der Waals surface area (Å²) in [5, 5.41) is 0.762. The van der Waals surface area contributed by atoms with Gasteiger partial charge in [0.2, 0.25) is 0 Å². The van der Waals surface area contributed by atoms with Crippen LogP contribution in [0.2, 0.25) is 5.02 Å². The van der Waals surface area contributed by atoms with E-state index in [0.717, 1.165) is 34.8 Å². The molecule has 3 nitrogen and oxygen atoms in total. The Balaban J connectivity index is 2.01. The highest BCUT2D eigenvalue weighted by Crippen LogP contribution is 2.34. The maximum atomic E-state index is 6.59. The summed E-state index contributed by atoms with van der Waals surface area (Å²) in [6.45, 7) is 3.14. The van der Waals surface area contributed by atoms with Crippen LogP contribution < -0.4 is 5.73 Å². The molecular weight excluding hydrogens is 282 g/mol. The summed E-state index contributed by atoms with van der Waals surface area (Å²) in [5.41, 5.74) is 8.71. The molecule has 0 amide bonds. The van der Waals surface area contributed by atoms with E-state index in [1.807, 2.05) is 18.2 Å². The summed E-state index contributed by atoms with van der Waals surface area (Å²) < 4.78 is 2.28. The summed E-state index contributed by atoms with van der Waals surface area (Å²) in [5.74, 6) is 1.61. The average molecular weight is 306 g/mol. The molecule has 0 saturated heterocycles. The third-order valence-electron chi connectivity index (χ3n) is 4.64. The topological polar surface area (TPSA) is 43.8 Å². The molecule has 0 spiro atoms. The minimum Gasteiger partial charge on any atom is -0.327 e. The molecule has 1 saturated carbocycles. The number of fused-ring (bicyclic) bond motifs is 1. The van der Waals surface area contributed by atoms with Crippen molar-refractivity contribution >= 4 is 22.6 Å². The van der Waals surface area contributed by atoms with Gasteiger partial charge in [-0.25, -0.2) is 4.98 Å². The van der Waals surface area contributed by atoms with Gasteiger partial charge in [0.25, 0.3) is 0 Å². The van der Waals surface area contributed by atoms with Crippen molar-refractivity contribution in [1.29, 1.82) is 0 Å². The Morgan fingerprint density at radius 3 is 2.81 bits per heavy atom. The van der Waals surface area contributed by atoms with Gasteiger partial charge in [0, 0.05) is 11.6 Å². The van der Waals surface area contributed by atoms with Crippen LogP contribution in [-0.4, -0.2) is 9.55 Å². The predicted molar refractivity (Wildman–Crippen MR) is 88.5 cm³/mol. The van der Waals surface area contributed by atoms with Gasteiger partial charge < -0.3 is 10.3 Å². The second-order valence-electron chi connectivity index (χ2n) is 6.18. The van der Waals surface area contributed by atoms with E-state index in [1.165, 1.54) is 32.1 Å². The fourth-order valence-electron chi connectivity index (χ4n) is 3.53. The maximum absolute atomic E-state index is 6.59. The van der Waals surface area contributed by atoms with Crippen molar-refractivity contribution in [2.75, 3.05) is 0 Å². The standard InChI is InChI=1S/C17H24ClN3/c1-2-10-21-15-11-13(18)8-9-14(15)20-17(21)16(19)12-6-4-3-5-7-12/h8-9,11-12,16H,2-7,10,19H2,1H3. The number of aryl methyl sites for hydroxylation is 1. The summed E-state index contributed by atoms with van der Waals surface area (Å²) in [4.78, 5) is 4.83. The fourth-order valence-corrected chi connectivity index (χ4v) is 3.70. The van der Waals surface area contributed by atoms with E-state index >= 15 is 0 Å². The molecule has 21 heavy (non-hydrogen) atoms. The van der Waals surface area contributed by atoms with E-state index in [0.29, 0.717) is 5.92 Å². The first-order valence-electron chi connectivity index (χ1n) is 8.12. The Labute approximate surface area is 131 Å². The van der Waals surface area contributed by atoms with Crippen LogP contribution in [0.15, 0.2) is 18.2 Å². The molecule has 4 heteroatoms. The number of imidazole rings is 1. The van der Waals surface area contributed by atoms with Gasteiger partial charge >= 0.3 is 0 Å². The van der Waals surface area contributed by atoms with Gasteiger partial charge in [-0.15, -0.1) is 0 Å². The van der Waals surface area contributed by atoms with Crippen LogP contribution in [0.4, 0.5) is 0 Å². The molecule has 1 aromatic carbocycles. The first-order chi connectivity index (χ1) is 10.2. The van der Waals surface area contributed by atoms with Gasteiger partial charge in [-0.05, 0) is 43.4 Å². The van der Waals surface area contributed by atoms with Crippen molar-refractivity contribution < 1.29 is 0 Å². The largest absolute Gasteiger partial charge is 0.327 e. The number of rotatable bonds is 4. The number of benzene rings is 1. The van der Waals surface area contributed by atoms with E-state index in [2.05, 4.69) is 11.5 Å². The summed E-state index contributed by atoms with van der Waals surface area (Å²) in [6, 6.07) is 5.96. The lowest BCUT2D eigenvalue weighted by Crippen LogP contribution is -2.26. The first-order valence-corrected chi connectivity index (χ1v) is 8.49. The van der Waals surface area contributed by atoms with E-state index in [-0.39, 0.29) is 6.04 Å². The van der Waals surface area contributed by atoms with Crippen LogP contribution in [-0.2, 0) is 6.54 Å². The van der Waals surface area contributed by atoms with Crippen LogP contribution in [0.1, 0.15) is 57.3 Å². The Bertz CT molecular complexity index is 614. The third-order valence-corrected chi connectivity index (χ3v) is 4.88. The maximum Gasteiger partial charge on any atom is 0.127 e. The van der Waals surface area contributed by atoms with Crippen molar-refractivity contribution in [3.63, 3.8) is 0 Å². The molecule has 1 aliphatic rings. The van der Waals surface area contributed by atoms with Crippen molar-refractivity contribution in [2.24, 2.45) is 11.7 Å². The minimum absolute atomic E-state index is 0.0445. The second kappa shape index (κ2) is 6.37. The Morgan fingerprint density at radius 1 is 1.33 bits per heavy atom. The molecule has 1 unspecified atom stereocenters. The number of hydrogen-bond donors (Lipinski definition) is 1. The van der Waals surface area contributed by atoms with Crippen LogP contribution in [0.5, 0.6) is 0 Å². The second-order valence-corrected chi connectivity index (χ2v) is 6.61. The van der Waals surface area contributed by atoms with E-state index in [1.54, 1.807) is 0 Å². The lowest BCUT2D eigenvalue weighted by molar-refractivity contribution is 0.296. The molecule has 2 aromatic rings. The average Bonchev–Trinajstić information content (AvgIpc) is 2.86. The molecule has 1 fully saturated rings. The van der Waals surface area contributed by atoms with Crippen molar-refractivity contribution in [3.05, 3.63) is 29.0 Å². The number of aromatic nitrogens is 2. The smallest absolute Gasteiger partial charge is 0.127 e. The minimum atomic E-state index is 0.0445. The zero-order valence-corrected chi connectivity index (χ0v) is 13.4. The van der Waals surface area contributed by atoms with E-state index in [4.69, 9.17) is 22.3 Å². The highest BCUT2D eigenvalue weighted by Gasteiger charge is 2.26. The Kier molecular flexibility index (Phi) is 4.51. The molecule has 0 aliphatic heterocycles. The zero-order chi connectivity index (χ0) is 14.8. The van der Waals surface area contributed by atoms with Gasteiger partial charge in [-0.3, -0.25) is 0 Å². The molecule has 0 radical (unpaired) electrons. The predicted octanol–water partition coefficient (Wildman–Crippen LogP) is 4.68. The van der Waals surface area contributed by atoms with Gasteiger partial charge in [-0.2, -0.15) is 0 Å². The Hall–Kier alpha value is -1.06. The SMILES string of the molecule is CCCn1c(C(N)C2CCCCC2)nc2ccc(Cl)cc21. The zero-order valence-electron chi connectivity index (χ0n) is 12.7. The van der Waals surface area contributed by atoms with Gasteiger partial charge in [0.15, 0.2) is 0 Å². The van der Waals surface area contributed by atoms with Crippen molar-refractivity contribution in [3.8, 4) is 0 Å². The molecule has 1 aliphatic carbocycles. The van der Waals surface area contributed by atoms with Crippen LogP contribution >= 0.6 is 11.6 Å². The third kappa shape index (κ3) is 2.95. The van der Waals surface area contributed by atoms with E-state index in [9.17, 15) is 0 Å². The molecule has 1 atom stereocenters. The van der Waals surface area contributed by atoms with Crippen LogP contribution in [0, 0.1) is 5.92 Å². The van der Waals surface area contributed by atoms with Gasteiger partial charge in [0.1, 0.15) is 5.82 Å². The number of nitrogens with zero attached hydrogens (tertiary/aromatic N) is 2. The first kappa shape index (κ1) is 14.9. The number of halogens is 1. The summed E-state index contributed by atoms with van der Waals surface area (Å²) in [6.07, 6.45) is 7.50. The molecule has 3 rings (SSSR count). The molecule has 2 N–H and O–H groups in total. The van der Waals surface area contributed by atoms with Gasteiger partial charge in [-0.1, -0.05) is 37.8 Å². The summed E-state index contributed by atoms with van der Waals surface area (Å²) in [7, 11) is 0. The van der Waals surface area contributed by atoms with Crippen LogP contribution in [0.25, 0.3) is 11.0 Å². The molecule has 0 bridgehead atoms. The molecule has 1 aromatic heterocycles. The highest BCUT2D eigenvalue weighted by molar-refractivity contribution is 6.31. The summed E-state index contributed by atoms with van der Waals surface area (Å²) >= 11 is 6.16. The quantitative estimate of drug-likeness (QED) is 0.891. The normalized spacial score (nSPS) is 18.2. The Morgan fingerprint density at radius 2 is 2.10 bits per heavy atom. The van der Waals surface area contributed by atoms with Gasteiger partial charge in [0.05, 0.1) is 17.1 Å². The molecule has 114 valence electrons. The van der Waals surface area contributed by atoms with Crippen molar-refractivity contribution in [2.45, 2.75) is 58.0 Å². The lowest BCUT2D eigenvalue weighted by atomic mass is 9.84. The fraction of sp³-hybridized carbons (Fsp3) is 0.588. The van der Waals surface area contributed by atoms with Crippen LogP contribution in [0.3, 0.4) is 0 Å². The highest BCUT2D eigenvalue weighted by atomic mass is 35.5. The van der Waals surface area contributed by atoms with Crippen molar-refractivity contribution in [1.82, 2.24) is 9.55 Å². The number of hydrogen-bond acceptors (Lipinski definition) is 2. The molecule has 1 heterocycles. The monoisotopic (exact) mass is 305 g/mol. The van der Waals surface area contributed by atoms with E-state index < -0.39 is 0 Å².